The molecule has 1 aliphatic rings. The van der Waals surface area contributed by atoms with Crippen molar-refractivity contribution in [1.82, 2.24) is 0 Å². The Morgan fingerprint density at radius 2 is 1.65 bits per heavy atom. The van der Waals surface area contributed by atoms with Gasteiger partial charge >= 0.3 is 0 Å². The molecule has 0 heterocycles. The average molecular weight is 310 g/mol. The Kier molecular flexibility index (Phi) is 4.81. The van der Waals surface area contributed by atoms with E-state index in [1.807, 2.05) is 48.5 Å². The monoisotopic (exact) mass is 310 g/mol. The molecular formula is C19H22N2O2. The molecule has 0 unspecified atom stereocenters. The molecule has 0 aliphatic heterocycles. The first-order valence-electron chi connectivity index (χ1n) is 8.07. The number of para-hydroxylation sites is 2. The minimum absolute atomic E-state index is 0.131. The molecule has 1 amide bonds. The van der Waals surface area contributed by atoms with E-state index in [0.717, 1.165) is 48.5 Å². The van der Waals surface area contributed by atoms with Crippen molar-refractivity contribution in [3.8, 4) is 5.75 Å². The van der Waals surface area contributed by atoms with Gasteiger partial charge in [-0.1, -0.05) is 25.0 Å². The SMILES string of the molecule is COc1ccc(Nc2ccccc2NC(=O)C2CCCC2)cc1. The highest BCUT2D eigenvalue weighted by atomic mass is 16.5. The minimum atomic E-state index is 0.131. The summed E-state index contributed by atoms with van der Waals surface area (Å²) in [6.07, 6.45) is 4.31. The number of ether oxygens (including phenoxy) is 1. The van der Waals surface area contributed by atoms with Crippen molar-refractivity contribution in [2.24, 2.45) is 5.92 Å². The molecule has 1 aliphatic carbocycles. The summed E-state index contributed by atoms with van der Waals surface area (Å²) in [5.74, 6) is 1.11. The maximum atomic E-state index is 12.3. The summed E-state index contributed by atoms with van der Waals surface area (Å²) < 4.78 is 5.17. The molecule has 4 heteroatoms. The van der Waals surface area contributed by atoms with Crippen LogP contribution in [0.4, 0.5) is 17.1 Å². The molecule has 0 saturated heterocycles. The Morgan fingerprint density at radius 1 is 1.00 bits per heavy atom. The number of anilines is 3. The van der Waals surface area contributed by atoms with Crippen LogP contribution in [0, 0.1) is 5.92 Å². The van der Waals surface area contributed by atoms with Gasteiger partial charge in [-0.3, -0.25) is 4.79 Å². The zero-order valence-corrected chi connectivity index (χ0v) is 13.3. The number of nitrogens with one attached hydrogen (secondary N) is 2. The molecular weight excluding hydrogens is 288 g/mol. The van der Waals surface area contributed by atoms with Crippen LogP contribution >= 0.6 is 0 Å². The van der Waals surface area contributed by atoms with Gasteiger partial charge < -0.3 is 15.4 Å². The van der Waals surface area contributed by atoms with Crippen LogP contribution in [0.15, 0.2) is 48.5 Å². The van der Waals surface area contributed by atoms with E-state index in [1.54, 1.807) is 7.11 Å². The number of carbonyl (C=O) groups excluding carboxylic acids is 1. The van der Waals surface area contributed by atoms with Crippen LogP contribution < -0.4 is 15.4 Å². The van der Waals surface area contributed by atoms with Crippen LogP contribution in [0.1, 0.15) is 25.7 Å². The van der Waals surface area contributed by atoms with Crippen LogP contribution in [0.25, 0.3) is 0 Å². The third kappa shape index (κ3) is 3.83. The molecule has 3 rings (SSSR count). The van der Waals surface area contributed by atoms with Crippen LogP contribution in [-0.2, 0) is 4.79 Å². The largest absolute Gasteiger partial charge is 0.497 e. The Morgan fingerprint density at radius 3 is 2.30 bits per heavy atom. The second-order valence-electron chi connectivity index (χ2n) is 5.87. The molecule has 4 nitrogen and oxygen atoms in total. The van der Waals surface area contributed by atoms with Crippen LogP contribution in [0.2, 0.25) is 0 Å². The van der Waals surface area contributed by atoms with Crippen molar-refractivity contribution in [3.05, 3.63) is 48.5 Å². The van der Waals surface area contributed by atoms with E-state index in [1.165, 1.54) is 0 Å². The third-order valence-electron chi connectivity index (χ3n) is 4.28. The molecule has 2 aromatic rings. The fourth-order valence-electron chi connectivity index (χ4n) is 2.95. The number of rotatable bonds is 5. The molecule has 2 N–H and O–H groups in total. The zero-order valence-electron chi connectivity index (χ0n) is 13.3. The zero-order chi connectivity index (χ0) is 16.1. The van der Waals surface area contributed by atoms with E-state index in [4.69, 9.17) is 4.74 Å². The van der Waals surface area contributed by atoms with Gasteiger partial charge in [0.25, 0.3) is 0 Å². The lowest BCUT2D eigenvalue weighted by Gasteiger charge is -2.15. The predicted octanol–water partition coefficient (Wildman–Crippen LogP) is 4.57. The van der Waals surface area contributed by atoms with E-state index in [9.17, 15) is 4.79 Å². The van der Waals surface area contributed by atoms with E-state index in [0.29, 0.717) is 0 Å². The van der Waals surface area contributed by atoms with Crippen molar-refractivity contribution in [1.29, 1.82) is 0 Å². The highest BCUT2D eigenvalue weighted by molar-refractivity contribution is 5.96. The number of methoxy groups -OCH3 is 1. The maximum absolute atomic E-state index is 12.3. The van der Waals surface area contributed by atoms with Crippen molar-refractivity contribution in [3.63, 3.8) is 0 Å². The van der Waals surface area contributed by atoms with Gasteiger partial charge in [0.1, 0.15) is 5.75 Å². The highest BCUT2D eigenvalue weighted by Gasteiger charge is 2.23. The van der Waals surface area contributed by atoms with Crippen molar-refractivity contribution in [2.45, 2.75) is 25.7 Å². The van der Waals surface area contributed by atoms with Gasteiger partial charge in [0.2, 0.25) is 5.91 Å². The summed E-state index contributed by atoms with van der Waals surface area (Å²) in [5, 5.41) is 6.42. The lowest BCUT2D eigenvalue weighted by atomic mass is 10.1. The number of carbonyl (C=O) groups is 1. The molecule has 0 spiro atoms. The van der Waals surface area contributed by atoms with Gasteiger partial charge in [-0.2, -0.15) is 0 Å². The second-order valence-corrected chi connectivity index (χ2v) is 5.87. The standard InChI is InChI=1S/C19H22N2O2/c1-23-16-12-10-15(11-13-16)20-17-8-4-5-9-18(17)21-19(22)14-6-2-3-7-14/h4-5,8-14,20H,2-3,6-7H2,1H3,(H,21,22). The summed E-state index contributed by atoms with van der Waals surface area (Å²) >= 11 is 0. The average Bonchev–Trinajstić information content (AvgIpc) is 3.12. The topological polar surface area (TPSA) is 50.4 Å². The van der Waals surface area contributed by atoms with Crippen molar-refractivity contribution in [2.75, 3.05) is 17.7 Å². The van der Waals surface area contributed by atoms with Gasteiger partial charge in [0, 0.05) is 11.6 Å². The normalized spacial score (nSPS) is 14.5. The summed E-state index contributed by atoms with van der Waals surface area (Å²) in [5.41, 5.74) is 2.66. The van der Waals surface area contributed by atoms with E-state index in [-0.39, 0.29) is 11.8 Å². The van der Waals surface area contributed by atoms with Crippen LogP contribution in [-0.4, -0.2) is 13.0 Å². The Bertz CT molecular complexity index is 661. The summed E-state index contributed by atoms with van der Waals surface area (Å²) in [6.45, 7) is 0. The fourth-order valence-corrected chi connectivity index (χ4v) is 2.95. The number of hydrogen-bond donors (Lipinski definition) is 2. The Balaban J connectivity index is 1.72. The predicted molar refractivity (Wildman–Crippen MR) is 93.3 cm³/mol. The number of benzene rings is 2. The number of hydrogen-bond acceptors (Lipinski definition) is 3. The van der Waals surface area contributed by atoms with Gasteiger partial charge in [0.05, 0.1) is 18.5 Å². The molecule has 2 aromatic carbocycles. The van der Waals surface area contributed by atoms with E-state index < -0.39 is 0 Å². The van der Waals surface area contributed by atoms with Gasteiger partial charge in [0.15, 0.2) is 0 Å². The maximum Gasteiger partial charge on any atom is 0.227 e. The molecule has 23 heavy (non-hydrogen) atoms. The molecule has 0 aromatic heterocycles. The highest BCUT2D eigenvalue weighted by Crippen LogP contribution is 2.29. The quantitative estimate of drug-likeness (QED) is 0.850. The Labute approximate surface area is 136 Å². The summed E-state index contributed by atoms with van der Waals surface area (Å²) in [6, 6.07) is 15.5. The first kappa shape index (κ1) is 15.4. The van der Waals surface area contributed by atoms with Crippen LogP contribution in [0.3, 0.4) is 0 Å². The lowest BCUT2D eigenvalue weighted by molar-refractivity contribution is -0.119. The first-order chi connectivity index (χ1) is 11.3. The smallest absolute Gasteiger partial charge is 0.227 e. The molecule has 1 fully saturated rings. The first-order valence-corrected chi connectivity index (χ1v) is 8.07. The van der Waals surface area contributed by atoms with Crippen molar-refractivity contribution >= 4 is 23.0 Å². The molecule has 120 valence electrons. The summed E-state index contributed by atoms with van der Waals surface area (Å²) in [4.78, 5) is 12.3. The van der Waals surface area contributed by atoms with Gasteiger partial charge in [-0.25, -0.2) is 0 Å². The van der Waals surface area contributed by atoms with Crippen molar-refractivity contribution < 1.29 is 9.53 Å². The van der Waals surface area contributed by atoms with Gasteiger partial charge in [-0.15, -0.1) is 0 Å². The molecule has 0 bridgehead atoms. The van der Waals surface area contributed by atoms with Crippen LogP contribution in [0.5, 0.6) is 5.75 Å². The minimum Gasteiger partial charge on any atom is -0.497 e. The Hall–Kier alpha value is -2.49. The number of amides is 1. The summed E-state index contributed by atoms with van der Waals surface area (Å²) in [7, 11) is 1.65. The van der Waals surface area contributed by atoms with Gasteiger partial charge in [-0.05, 0) is 49.2 Å². The van der Waals surface area contributed by atoms with E-state index in [2.05, 4.69) is 10.6 Å². The molecule has 1 saturated carbocycles. The molecule has 0 atom stereocenters. The third-order valence-corrected chi connectivity index (χ3v) is 4.28. The molecule has 0 radical (unpaired) electrons. The fraction of sp³-hybridized carbons (Fsp3) is 0.316. The van der Waals surface area contributed by atoms with E-state index >= 15 is 0 Å². The second kappa shape index (κ2) is 7.18. The lowest BCUT2D eigenvalue weighted by Crippen LogP contribution is -2.20.